The molecule has 0 saturated heterocycles. The highest BCUT2D eigenvalue weighted by atomic mass is 35.5. The van der Waals surface area contributed by atoms with E-state index < -0.39 is 17.9 Å². The van der Waals surface area contributed by atoms with Crippen LogP contribution < -0.4 is 4.74 Å². The van der Waals surface area contributed by atoms with Crippen molar-refractivity contribution in [2.75, 3.05) is 7.11 Å². The lowest BCUT2D eigenvalue weighted by atomic mass is 10.3. The van der Waals surface area contributed by atoms with Crippen molar-refractivity contribution in [2.24, 2.45) is 0 Å². The molecule has 0 aliphatic carbocycles. The van der Waals surface area contributed by atoms with E-state index in [0.29, 0.717) is 11.5 Å². The van der Waals surface area contributed by atoms with Gasteiger partial charge in [-0.25, -0.2) is 9.18 Å². The van der Waals surface area contributed by atoms with E-state index in [1.165, 1.54) is 25.3 Å². The summed E-state index contributed by atoms with van der Waals surface area (Å²) in [6.07, 6.45) is -0.492. The fraction of sp³-hybridized carbons (Fsp3) is 0.214. The van der Waals surface area contributed by atoms with Gasteiger partial charge < -0.3 is 13.9 Å². The molecule has 1 aromatic carbocycles. The number of furan rings is 1. The quantitative estimate of drug-likeness (QED) is 0.801. The molecule has 1 unspecified atom stereocenters. The van der Waals surface area contributed by atoms with Crippen LogP contribution in [0.15, 0.2) is 34.7 Å². The Kier molecular flexibility index (Phi) is 4.29. The van der Waals surface area contributed by atoms with Gasteiger partial charge in [-0.05, 0) is 31.2 Å². The molecule has 2 rings (SSSR count). The molecule has 1 heterocycles. The molecule has 20 heavy (non-hydrogen) atoms. The number of hydrogen-bond donors (Lipinski definition) is 0. The average Bonchev–Trinajstić information content (AvgIpc) is 2.92. The highest BCUT2D eigenvalue weighted by molar-refractivity contribution is 6.30. The lowest BCUT2D eigenvalue weighted by Crippen LogP contribution is -2.03. The number of rotatable bonds is 4. The van der Waals surface area contributed by atoms with Crippen LogP contribution in [0.3, 0.4) is 0 Å². The Hall–Kier alpha value is -2.01. The summed E-state index contributed by atoms with van der Waals surface area (Å²) in [5, 5.41) is 0.0241. The van der Waals surface area contributed by atoms with Gasteiger partial charge in [0, 0.05) is 6.07 Å². The van der Waals surface area contributed by atoms with Crippen molar-refractivity contribution in [3.8, 4) is 5.75 Å². The van der Waals surface area contributed by atoms with E-state index in [9.17, 15) is 9.18 Å². The van der Waals surface area contributed by atoms with Gasteiger partial charge in [-0.1, -0.05) is 11.6 Å². The summed E-state index contributed by atoms with van der Waals surface area (Å²) < 4.78 is 28.7. The number of benzene rings is 1. The molecule has 0 fully saturated rings. The van der Waals surface area contributed by atoms with Gasteiger partial charge in [0.05, 0.1) is 12.1 Å². The van der Waals surface area contributed by atoms with Crippen LogP contribution in [0.5, 0.6) is 5.75 Å². The first-order valence-corrected chi connectivity index (χ1v) is 6.19. The zero-order valence-electron chi connectivity index (χ0n) is 10.9. The van der Waals surface area contributed by atoms with E-state index in [2.05, 4.69) is 4.74 Å². The van der Waals surface area contributed by atoms with Gasteiger partial charge in [0.2, 0.25) is 5.76 Å². The molecule has 0 spiro atoms. The molecule has 1 aromatic heterocycles. The average molecular weight is 299 g/mol. The topological polar surface area (TPSA) is 48.7 Å². The lowest BCUT2D eigenvalue weighted by Gasteiger charge is -2.12. The number of methoxy groups -OCH3 is 1. The Bertz CT molecular complexity index is 623. The summed E-state index contributed by atoms with van der Waals surface area (Å²) in [5.41, 5.74) is 0. The highest BCUT2D eigenvalue weighted by Crippen LogP contribution is 2.26. The van der Waals surface area contributed by atoms with Gasteiger partial charge in [0.25, 0.3) is 0 Å². The van der Waals surface area contributed by atoms with Crippen LogP contribution in [0.2, 0.25) is 5.02 Å². The summed E-state index contributed by atoms with van der Waals surface area (Å²) in [7, 11) is 1.26. The third kappa shape index (κ3) is 3.11. The van der Waals surface area contributed by atoms with Crippen molar-refractivity contribution in [3.63, 3.8) is 0 Å². The number of halogens is 2. The first-order chi connectivity index (χ1) is 9.51. The minimum atomic E-state index is -0.569. The van der Waals surface area contributed by atoms with E-state index in [1.807, 2.05) is 0 Å². The van der Waals surface area contributed by atoms with Crippen molar-refractivity contribution >= 4 is 17.6 Å². The van der Waals surface area contributed by atoms with E-state index in [1.54, 1.807) is 19.1 Å². The fourth-order valence-electron chi connectivity index (χ4n) is 1.59. The van der Waals surface area contributed by atoms with Gasteiger partial charge >= 0.3 is 5.97 Å². The van der Waals surface area contributed by atoms with Gasteiger partial charge in [0.15, 0.2) is 6.10 Å². The third-order valence-corrected chi connectivity index (χ3v) is 2.92. The number of carbonyl (C=O) groups is 1. The second kappa shape index (κ2) is 5.96. The highest BCUT2D eigenvalue weighted by Gasteiger charge is 2.17. The van der Waals surface area contributed by atoms with Gasteiger partial charge in [-0.2, -0.15) is 0 Å². The Morgan fingerprint density at radius 2 is 2.10 bits per heavy atom. The summed E-state index contributed by atoms with van der Waals surface area (Å²) in [6.45, 7) is 1.71. The maximum Gasteiger partial charge on any atom is 0.373 e. The van der Waals surface area contributed by atoms with Gasteiger partial charge in [-0.15, -0.1) is 0 Å². The molecular weight excluding hydrogens is 287 g/mol. The molecule has 0 aliphatic rings. The number of carbonyl (C=O) groups excluding carboxylic acids is 1. The van der Waals surface area contributed by atoms with Crippen molar-refractivity contribution in [1.29, 1.82) is 0 Å². The monoisotopic (exact) mass is 298 g/mol. The molecule has 0 bridgehead atoms. The predicted octanol–water partition coefficient (Wildman–Crippen LogP) is 4.00. The molecule has 0 aliphatic heterocycles. The van der Waals surface area contributed by atoms with E-state index in [4.69, 9.17) is 20.8 Å². The molecule has 2 aromatic rings. The molecule has 106 valence electrons. The number of ether oxygens (including phenoxy) is 2. The van der Waals surface area contributed by atoms with Crippen LogP contribution in [-0.4, -0.2) is 13.1 Å². The van der Waals surface area contributed by atoms with Crippen LogP contribution in [-0.2, 0) is 4.74 Å². The second-order valence-corrected chi connectivity index (χ2v) is 4.44. The molecule has 0 amide bonds. The second-order valence-electron chi connectivity index (χ2n) is 4.03. The molecule has 4 nitrogen and oxygen atoms in total. The van der Waals surface area contributed by atoms with Gasteiger partial charge in [0.1, 0.15) is 17.3 Å². The maximum absolute atomic E-state index is 13.3. The van der Waals surface area contributed by atoms with E-state index in [0.717, 1.165) is 0 Å². The summed E-state index contributed by atoms with van der Waals surface area (Å²) in [4.78, 5) is 11.3. The van der Waals surface area contributed by atoms with Crippen LogP contribution >= 0.6 is 11.6 Å². The smallest absolute Gasteiger partial charge is 0.373 e. The Labute approximate surface area is 120 Å². The normalized spacial score (nSPS) is 12.0. The minimum absolute atomic E-state index is 0.0241. The fourth-order valence-corrected chi connectivity index (χ4v) is 1.71. The van der Waals surface area contributed by atoms with Crippen LogP contribution in [0.25, 0.3) is 0 Å². The number of hydrogen-bond acceptors (Lipinski definition) is 4. The zero-order chi connectivity index (χ0) is 14.7. The summed E-state index contributed by atoms with van der Waals surface area (Å²) >= 11 is 5.59. The third-order valence-electron chi connectivity index (χ3n) is 2.62. The molecule has 0 saturated carbocycles. The zero-order valence-corrected chi connectivity index (χ0v) is 11.6. The standard InChI is InChI=1S/C14H12ClFO4/c1-8(12-5-6-13(20-12)14(17)18-2)19-9-3-4-10(15)11(16)7-9/h3-8H,1-2H3. The van der Waals surface area contributed by atoms with Crippen molar-refractivity contribution in [1.82, 2.24) is 0 Å². The molecular formula is C14H12ClFO4. The van der Waals surface area contributed by atoms with Crippen LogP contribution in [0, 0.1) is 5.82 Å². The van der Waals surface area contributed by atoms with E-state index >= 15 is 0 Å². The molecule has 0 radical (unpaired) electrons. The van der Waals surface area contributed by atoms with Crippen LogP contribution in [0.1, 0.15) is 29.3 Å². The summed E-state index contributed by atoms with van der Waals surface area (Å²) in [6, 6.07) is 7.22. The van der Waals surface area contributed by atoms with Crippen molar-refractivity contribution in [3.05, 3.63) is 52.7 Å². The predicted molar refractivity (Wildman–Crippen MR) is 70.5 cm³/mol. The van der Waals surface area contributed by atoms with Crippen molar-refractivity contribution in [2.45, 2.75) is 13.0 Å². The molecule has 1 atom stereocenters. The Balaban J connectivity index is 2.11. The van der Waals surface area contributed by atoms with E-state index in [-0.39, 0.29) is 10.8 Å². The lowest BCUT2D eigenvalue weighted by molar-refractivity contribution is 0.0558. The minimum Gasteiger partial charge on any atom is -0.483 e. The first-order valence-electron chi connectivity index (χ1n) is 5.81. The Morgan fingerprint density at radius 1 is 1.35 bits per heavy atom. The SMILES string of the molecule is COC(=O)c1ccc(C(C)Oc2ccc(Cl)c(F)c2)o1. The van der Waals surface area contributed by atoms with Crippen LogP contribution in [0.4, 0.5) is 4.39 Å². The largest absolute Gasteiger partial charge is 0.483 e. The molecule has 6 heteroatoms. The number of esters is 1. The van der Waals surface area contributed by atoms with Crippen molar-refractivity contribution < 1.29 is 23.1 Å². The first kappa shape index (κ1) is 14.4. The Morgan fingerprint density at radius 3 is 2.75 bits per heavy atom. The maximum atomic E-state index is 13.3. The van der Waals surface area contributed by atoms with Gasteiger partial charge in [-0.3, -0.25) is 0 Å². The summed E-state index contributed by atoms with van der Waals surface area (Å²) in [5.74, 6) is -0.302. The molecule has 0 N–H and O–H groups in total.